The number of aromatic nitrogens is 1. The van der Waals surface area contributed by atoms with Gasteiger partial charge in [-0.05, 0) is 18.4 Å². The second kappa shape index (κ2) is 10.5. The van der Waals surface area contributed by atoms with Crippen LogP contribution in [0.25, 0.3) is 0 Å². The van der Waals surface area contributed by atoms with Gasteiger partial charge in [-0.2, -0.15) is 0 Å². The molecule has 2 N–H and O–H groups in total. The Hall–Kier alpha value is -1.84. The number of carbonyl (C=O) groups excluding carboxylic acids is 1. The van der Waals surface area contributed by atoms with Crippen molar-refractivity contribution < 1.29 is 19.4 Å². The topological polar surface area (TPSA) is 83.9 Å². The molecule has 162 valence electrons. The average Bonchev–Trinajstić information content (AvgIpc) is 3.25. The lowest BCUT2D eigenvalue weighted by Gasteiger charge is -2.44. The smallest absolute Gasteiger partial charge is 0.222 e. The van der Waals surface area contributed by atoms with Crippen molar-refractivity contribution in [3.63, 3.8) is 0 Å². The van der Waals surface area contributed by atoms with E-state index in [9.17, 15) is 9.90 Å². The van der Waals surface area contributed by atoms with Gasteiger partial charge in [-0.15, -0.1) is 11.3 Å². The summed E-state index contributed by atoms with van der Waals surface area (Å²) in [6.45, 7) is 2.48. The summed E-state index contributed by atoms with van der Waals surface area (Å²) in [5.74, 6) is 0.00382. The Kier molecular flexibility index (Phi) is 7.46. The third-order valence-corrected chi connectivity index (χ3v) is 6.42. The van der Waals surface area contributed by atoms with Gasteiger partial charge in [0.05, 0.1) is 44.5 Å². The number of β-amino-alcohol motifs (C(OH)–C–C–N with tert-alkyl or cyclic N) is 1. The Bertz CT molecular complexity index is 789. The number of nitrogens with zero attached hydrogens (tertiary/aromatic N) is 2. The fourth-order valence-electron chi connectivity index (χ4n) is 4.21. The van der Waals surface area contributed by atoms with Gasteiger partial charge in [-0.3, -0.25) is 9.69 Å². The van der Waals surface area contributed by atoms with Gasteiger partial charge in [-0.1, -0.05) is 30.3 Å². The second-order valence-electron chi connectivity index (χ2n) is 7.95. The molecular formula is C22H29N3O4S. The van der Waals surface area contributed by atoms with Crippen LogP contribution >= 0.6 is 11.3 Å². The number of nitrogens with one attached hydrogen (secondary N) is 1. The molecule has 4 rings (SSSR count). The van der Waals surface area contributed by atoms with Crippen LogP contribution in [0.4, 0.5) is 0 Å². The maximum atomic E-state index is 12.4. The fraction of sp³-hybridized carbons (Fsp3) is 0.545. The van der Waals surface area contributed by atoms with E-state index >= 15 is 0 Å². The highest BCUT2D eigenvalue weighted by atomic mass is 32.1. The molecule has 7 nitrogen and oxygen atoms in total. The molecule has 2 fully saturated rings. The summed E-state index contributed by atoms with van der Waals surface area (Å²) in [5.41, 5.74) is 1.08. The van der Waals surface area contributed by atoms with Crippen LogP contribution in [-0.4, -0.2) is 65.0 Å². The normalized spacial score (nSPS) is 27.6. The molecule has 2 aromatic rings. The Balaban J connectivity index is 1.33. The molecular weight excluding hydrogens is 402 g/mol. The van der Waals surface area contributed by atoms with Gasteiger partial charge in [0.2, 0.25) is 5.91 Å². The molecule has 8 heteroatoms. The van der Waals surface area contributed by atoms with Gasteiger partial charge in [0.25, 0.3) is 0 Å². The number of hydrogen-bond acceptors (Lipinski definition) is 7. The quantitative estimate of drug-likeness (QED) is 0.728. The van der Waals surface area contributed by atoms with Gasteiger partial charge in [0, 0.05) is 30.7 Å². The Morgan fingerprint density at radius 2 is 2.13 bits per heavy atom. The summed E-state index contributed by atoms with van der Waals surface area (Å²) in [6, 6.07) is 10.0. The molecule has 3 heterocycles. The highest BCUT2D eigenvalue weighted by molar-refractivity contribution is 7.09. The lowest BCUT2D eigenvalue weighted by Crippen LogP contribution is -2.55. The zero-order valence-electron chi connectivity index (χ0n) is 17.0. The first-order valence-corrected chi connectivity index (χ1v) is 11.4. The van der Waals surface area contributed by atoms with Crippen LogP contribution in [0.3, 0.4) is 0 Å². The van der Waals surface area contributed by atoms with Crippen molar-refractivity contribution in [2.24, 2.45) is 0 Å². The number of ether oxygens (including phenoxy) is 2. The zero-order chi connectivity index (χ0) is 20.8. The molecule has 2 aliphatic heterocycles. The molecule has 0 spiro atoms. The summed E-state index contributed by atoms with van der Waals surface area (Å²) in [5, 5.41) is 16.2. The minimum absolute atomic E-state index is 0.00382. The van der Waals surface area contributed by atoms with E-state index in [1.54, 1.807) is 11.3 Å². The highest BCUT2D eigenvalue weighted by Gasteiger charge is 2.38. The molecule has 0 aliphatic carbocycles. The lowest BCUT2D eigenvalue weighted by atomic mass is 9.94. The van der Waals surface area contributed by atoms with Gasteiger partial charge in [-0.25, -0.2) is 4.98 Å². The van der Waals surface area contributed by atoms with Crippen molar-refractivity contribution in [3.8, 4) is 0 Å². The number of hydrogen-bond donors (Lipinski definition) is 2. The van der Waals surface area contributed by atoms with E-state index in [2.05, 4.69) is 15.2 Å². The number of amides is 1. The lowest BCUT2D eigenvalue weighted by molar-refractivity contribution is -0.158. The van der Waals surface area contributed by atoms with Gasteiger partial charge in [0.1, 0.15) is 5.01 Å². The molecule has 2 aliphatic rings. The van der Waals surface area contributed by atoms with E-state index in [1.807, 2.05) is 41.9 Å². The predicted octanol–water partition coefficient (Wildman–Crippen LogP) is 1.96. The maximum absolute atomic E-state index is 12.4. The van der Waals surface area contributed by atoms with Crippen LogP contribution in [0.2, 0.25) is 0 Å². The minimum Gasteiger partial charge on any atom is -0.389 e. The first-order valence-electron chi connectivity index (χ1n) is 10.5. The Morgan fingerprint density at radius 3 is 2.93 bits per heavy atom. The van der Waals surface area contributed by atoms with Crippen LogP contribution in [0, 0.1) is 0 Å². The second-order valence-corrected chi connectivity index (χ2v) is 8.93. The van der Waals surface area contributed by atoms with Crippen LogP contribution in [0.1, 0.15) is 29.8 Å². The monoisotopic (exact) mass is 431 g/mol. The van der Waals surface area contributed by atoms with Gasteiger partial charge in [0.15, 0.2) is 0 Å². The van der Waals surface area contributed by atoms with E-state index in [4.69, 9.17) is 9.47 Å². The first-order chi connectivity index (χ1) is 14.7. The highest BCUT2D eigenvalue weighted by Crippen LogP contribution is 2.29. The number of aliphatic hydroxyl groups is 1. The third kappa shape index (κ3) is 5.86. The number of aliphatic hydroxyl groups excluding tert-OH is 1. The van der Waals surface area contributed by atoms with Crippen LogP contribution < -0.4 is 5.32 Å². The molecule has 1 aromatic carbocycles. The van der Waals surface area contributed by atoms with Crippen molar-refractivity contribution in [1.29, 1.82) is 0 Å². The van der Waals surface area contributed by atoms with Crippen molar-refractivity contribution >= 4 is 17.2 Å². The van der Waals surface area contributed by atoms with Gasteiger partial charge < -0.3 is 19.9 Å². The van der Waals surface area contributed by atoms with Crippen LogP contribution in [-0.2, 0) is 27.4 Å². The Morgan fingerprint density at radius 1 is 1.27 bits per heavy atom. The fourth-order valence-corrected chi connectivity index (χ4v) is 4.85. The average molecular weight is 432 g/mol. The third-order valence-electron chi connectivity index (χ3n) is 5.65. The van der Waals surface area contributed by atoms with Crippen LogP contribution in [0.15, 0.2) is 41.9 Å². The maximum Gasteiger partial charge on any atom is 0.222 e. The van der Waals surface area contributed by atoms with E-state index in [0.29, 0.717) is 39.3 Å². The molecule has 30 heavy (non-hydrogen) atoms. The van der Waals surface area contributed by atoms with Crippen molar-refractivity contribution in [1.82, 2.24) is 15.2 Å². The summed E-state index contributed by atoms with van der Waals surface area (Å²) < 4.78 is 12.0. The molecule has 2 saturated heterocycles. The summed E-state index contributed by atoms with van der Waals surface area (Å²) >= 11 is 1.62. The van der Waals surface area contributed by atoms with Gasteiger partial charge >= 0.3 is 0 Å². The van der Waals surface area contributed by atoms with E-state index in [1.165, 1.54) is 0 Å². The standard InChI is InChI=1S/C22H29N3O4S/c26-17-12-25(13-22-23-8-9-30-22)19-7-6-18(29-20(19)15-28-14-17)10-21(27)24-11-16-4-2-1-3-5-16/h1-5,8-9,17-20,26H,6-7,10-15H2,(H,24,27)/t17-,18+,19+,20-/m0/s1. The van der Waals surface area contributed by atoms with Crippen molar-refractivity contribution in [3.05, 3.63) is 52.5 Å². The number of benzene rings is 1. The van der Waals surface area contributed by atoms with Crippen LogP contribution in [0.5, 0.6) is 0 Å². The largest absolute Gasteiger partial charge is 0.389 e. The summed E-state index contributed by atoms with van der Waals surface area (Å²) in [4.78, 5) is 19.1. The number of fused-ring (bicyclic) bond motifs is 1. The van der Waals surface area contributed by atoms with Crippen molar-refractivity contribution in [2.75, 3.05) is 19.8 Å². The molecule has 0 saturated carbocycles. The number of carbonyl (C=O) groups is 1. The zero-order valence-corrected chi connectivity index (χ0v) is 17.8. The molecule has 0 radical (unpaired) electrons. The summed E-state index contributed by atoms with van der Waals surface area (Å²) in [7, 11) is 0. The number of thiazole rings is 1. The molecule has 0 bridgehead atoms. The van der Waals surface area contributed by atoms with Crippen molar-refractivity contribution in [2.45, 2.75) is 56.7 Å². The summed E-state index contributed by atoms with van der Waals surface area (Å²) in [6.07, 6.45) is 3.13. The predicted molar refractivity (Wildman–Crippen MR) is 114 cm³/mol. The van der Waals surface area contributed by atoms with E-state index in [-0.39, 0.29) is 24.2 Å². The molecule has 4 atom stereocenters. The first kappa shape index (κ1) is 21.4. The molecule has 1 amide bonds. The van der Waals surface area contributed by atoms with E-state index in [0.717, 1.165) is 23.4 Å². The molecule has 1 aromatic heterocycles. The minimum atomic E-state index is -0.521. The SMILES string of the molecule is O=C(C[C@H]1CC[C@@H]2[C@H](COC[C@@H](O)CN2Cc2nccs2)O1)NCc1ccccc1. The Labute approximate surface area is 181 Å². The molecule has 0 unspecified atom stereocenters. The number of rotatable bonds is 6. The van der Waals surface area contributed by atoms with E-state index < -0.39 is 6.10 Å².